The Morgan fingerprint density at radius 1 is 1.22 bits per heavy atom. The van der Waals surface area contributed by atoms with Crippen molar-refractivity contribution in [1.82, 2.24) is 5.32 Å². The van der Waals surface area contributed by atoms with Crippen LogP contribution in [0.1, 0.15) is 35.8 Å². The number of benzene rings is 2. The van der Waals surface area contributed by atoms with E-state index in [1.807, 2.05) is 38.1 Å². The quantitative estimate of drug-likeness (QED) is 0.860. The normalized spacial score (nSPS) is 11.7. The zero-order valence-corrected chi connectivity index (χ0v) is 14.2. The molecule has 0 fully saturated rings. The molecule has 0 saturated heterocycles. The number of carbonyl (C=O) groups is 1. The first kappa shape index (κ1) is 17.2. The summed E-state index contributed by atoms with van der Waals surface area (Å²) in [4.78, 5) is 12.3. The average molecular weight is 334 g/mol. The van der Waals surface area contributed by atoms with Gasteiger partial charge in [0.15, 0.2) is 0 Å². The smallest absolute Gasteiger partial charge is 0.251 e. The molecule has 1 unspecified atom stereocenters. The van der Waals surface area contributed by atoms with Crippen LogP contribution in [0.15, 0.2) is 42.5 Å². The highest BCUT2D eigenvalue weighted by atomic mass is 35.5. The summed E-state index contributed by atoms with van der Waals surface area (Å²) in [5.41, 5.74) is 1.50. The molecule has 1 N–H and O–H groups in total. The average Bonchev–Trinajstić information content (AvgIpc) is 2.56. The topological polar surface area (TPSA) is 47.6 Å². The third kappa shape index (κ3) is 4.39. The molecule has 2 rings (SSSR count). The van der Waals surface area contributed by atoms with Crippen molar-refractivity contribution < 1.29 is 14.3 Å². The molecule has 0 bridgehead atoms. The summed E-state index contributed by atoms with van der Waals surface area (Å²) < 4.78 is 10.5. The largest absolute Gasteiger partial charge is 0.497 e. The van der Waals surface area contributed by atoms with Crippen LogP contribution in [0.3, 0.4) is 0 Å². The van der Waals surface area contributed by atoms with Gasteiger partial charge in [0.1, 0.15) is 11.5 Å². The molecule has 0 heterocycles. The Morgan fingerprint density at radius 2 is 1.91 bits per heavy atom. The van der Waals surface area contributed by atoms with Gasteiger partial charge >= 0.3 is 0 Å². The number of amides is 1. The number of nitrogens with one attached hydrogen (secondary N) is 1. The van der Waals surface area contributed by atoms with E-state index in [-0.39, 0.29) is 11.9 Å². The van der Waals surface area contributed by atoms with E-state index < -0.39 is 0 Å². The highest BCUT2D eigenvalue weighted by Gasteiger charge is 2.13. The van der Waals surface area contributed by atoms with Crippen molar-refractivity contribution in [3.8, 4) is 11.5 Å². The molecular formula is C18H20ClNO3. The zero-order valence-electron chi connectivity index (χ0n) is 13.4. The summed E-state index contributed by atoms with van der Waals surface area (Å²) in [5.74, 6) is 1.18. The molecule has 0 saturated carbocycles. The fraction of sp³-hybridized carbons (Fsp3) is 0.278. The molecule has 0 spiro atoms. The van der Waals surface area contributed by atoms with Crippen molar-refractivity contribution >= 4 is 17.5 Å². The van der Waals surface area contributed by atoms with Crippen molar-refractivity contribution in [2.24, 2.45) is 0 Å². The van der Waals surface area contributed by atoms with Gasteiger partial charge in [-0.15, -0.1) is 0 Å². The van der Waals surface area contributed by atoms with E-state index in [0.29, 0.717) is 22.9 Å². The van der Waals surface area contributed by atoms with Crippen molar-refractivity contribution in [3.63, 3.8) is 0 Å². The van der Waals surface area contributed by atoms with E-state index in [2.05, 4.69) is 5.32 Å². The van der Waals surface area contributed by atoms with Gasteiger partial charge in [-0.3, -0.25) is 4.79 Å². The Balaban J connectivity index is 2.06. The molecule has 0 aromatic heterocycles. The van der Waals surface area contributed by atoms with E-state index in [0.717, 1.165) is 11.3 Å². The van der Waals surface area contributed by atoms with Crippen LogP contribution in [0.5, 0.6) is 11.5 Å². The van der Waals surface area contributed by atoms with Crippen molar-refractivity contribution in [2.45, 2.75) is 19.9 Å². The van der Waals surface area contributed by atoms with Crippen LogP contribution in [-0.4, -0.2) is 19.6 Å². The van der Waals surface area contributed by atoms with Gasteiger partial charge in [-0.25, -0.2) is 0 Å². The summed E-state index contributed by atoms with van der Waals surface area (Å²) >= 11 is 6.12. The minimum absolute atomic E-state index is 0.126. The Kier molecular flexibility index (Phi) is 5.88. The molecule has 1 amide bonds. The maximum Gasteiger partial charge on any atom is 0.251 e. The molecule has 5 heteroatoms. The maximum atomic E-state index is 12.3. The first-order valence-corrected chi connectivity index (χ1v) is 7.80. The molecule has 122 valence electrons. The number of hydrogen-bond donors (Lipinski definition) is 1. The highest BCUT2D eigenvalue weighted by molar-refractivity contribution is 6.32. The fourth-order valence-corrected chi connectivity index (χ4v) is 2.41. The van der Waals surface area contributed by atoms with Gasteiger partial charge in [0.05, 0.1) is 24.8 Å². The highest BCUT2D eigenvalue weighted by Crippen LogP contribution is 2.26. The van der Waals surface area contributed by atoms with Crippen molar-refractivity contribution in [3.05, 3.63) is 58.6 Å². The van der Waals surface area contributed by atoms with Crippen LogP contribution >= 0.6 is 11.6 Å². The standard InChI is InChI=1S/C18H20ClNO3/c1-4-23-17-10-7-14(11-16(17)19)18(21)20-12(2)13-5-8-15(22-3)9-6-13/h5-12H,4H2,1-3H3,(H,20,21). The maximum absolute atomic E-state index is 12.3. The van der Waals surface area contributed by atoms with Gasteiger partial charge in [-0.1, -0.05) is 23.7 Å². The van der Waals surface area contributed by atoms with Gasteiger partial charge in [0, 0.05) is 5.56 Å². The second kappa shape index (κ2) is 7.88. The molecular weight excluding hydrogens is 314 g/mol. The van der Waals surface area contributed by atoms with Crippen LogP contribution in [-0.2, 0) is 0 Å². The Bertz CT molecular complexity index is 670. The molecule has 1 atom stereocenters. The SMILES string of the molecule is CCOc1ccc(C(=O)NC(C)c2ccc(OC)cc2)cc1Cl. The predicted molar refractivity (Wildman–Crippen MR) is 91.5 cm³/mol. The molecule has 0 radical (unpaired) electrons. The first-order valence-electron chi connectivity index (χ1n) is 7.42. The molecule has 0 aliphatic rings. The van der Waals surface area contributed by atoms with Gasteiger partial charge in [-0.2, -0.15) is 0 Å². The Morgan fingerprint density at radius 3 is 2.48 bits per heavy atom. The van der Waals surface area contributed by atoms with Crippen LogP contribution in [0, 0.1) is 0 Å². The number of hydrogen-bond acceptors (Lipinski definition) is 3. The molecule has 4 nitrogen and oxygen atoms in total. The number of halogens is 1. The third-order valence-corrected chi connectivity index (χ3v) is 3.75. The zero-order chi connectivity index (χ0) is 16.8. The van der Waals surface area contributed by atoms with Crippen molar-refractivity contribution in [2.75, 3.05) is 13.7 Å². The van der Waals surface area contributed by atoms with E-state index in [9.17, 15) is 4.79 Å². The fourth-order valence-electron chi connectivity index (χ4n) is 2.17. The van der Waals surface area contributed by atoms with E-state index in [4.69, 9.17) is 21.1 Å². The Hall–Kier alpha value is -2.20. The van der Waals surface area contributed by atoms with Crippen molar-refractivity contribution in [1.29, 1.82) is 0 Å². The summed E-state index contributed by atoms with van der Waals surface area (Å²) in [6.45, 7) is 4.34. The second-order valence-corrected chi connectivity index (χ2v) is 5.45. The van der Waals surface area contributed by atoms with Crippen LogP contribution in [0.2, 0.25) is 5.02 Å². The molecule has 0 aliphatic carbocycles. The van der Waals surface area contributed by atoms with Crippen LogP contribution in [0.4, 0.5) is 0 Å². The molecule has 0 aliphatic heterocycles. The van der Waals surface area contributed by atoms with E-state index in [1.54, 1.807) is 25.3 Å². The lowest BCUT2D eigenvalue weighted by Crippen LogP contribution is -2.26. The van der Waals surface area contributed by atoms with Crippen LogP contribution < -0.4 is 14.8 Å². The minimum atomic E-state index is -0.182. The number of carbonyl (C=O) groups excluding carboxylic acids is 1. The Labute approximate surface area is 141 Å². The van der Waals surface area contributed by atoms with Gasteiger partial charge in [0.2, 0.25) is 0 Å². The number of rotatable bonds is 6. The minimum Gasteiger partial charge on any atom is -0.497 e. The number of methoxy groups -OCH3 is 1. The van der Waals surface area contributed by atoms with Gasteiger partial charge in [0.25, 0.3) is 5.91 Å². The van der Waals surface area contributed by atoms with E-state index in [1.165, 1.54) is 0 Å². The monoisotopic (exact) mass is 333 g/mol. The molecule has 2 aromatic rings. The van der Waals surface area contributed by atoms with E-state index >= 15 is 0 Å². The summed E-state index contributed by atoms with van der Waals surface area (Å²) in [5, 5.41) is 3.38. The summed E-state index contributed by atoms with van der Waals surface area (Å²) in [6, 6.07) is 12.5. The predicted octanol–water partition coefficient (Wildman–Crippen LogP) is 4.24. The van der Waals surface area contributed by atoms with Crippen LogP contribution in [0.25, 0.3) is 0 Å². The summed E-state index contributed by atoms with van der Waals surface area (Å²) in [6.07, 6.45) is 0. The second-order valence-electron chi connectivity index (χ2n) is 5.05. The third-order valence-electron chi connectivity index (χ3n) is 3.46. The lowest BCUT2D eigenvalue weighted by atomic mass is 10.1. The lowest BCUT2D eigenvalue weighted by Gasteiger charge is -2.15. The number of ether oxygens (including phenoxy) is 2. The lowest BCUT2D eigenvalue weighted by molar-refractivity contribution is 0.0940. The van der Waals surface area contributed by atoms with Gasteiger partial charge < -0.3 is 14.8 Å². The molecule has 23 heavy (non-hydrogen) atoms. The summed E-state index contributed by atoms with van der Waals surface area (Å²) in [7, 11) is 1.62. The molecule has 2 aromatic carbocycles. The first-order chi connectivity index (χ1) is 11.0. The van der Waals surface area contributed by atoms with Gasteiger partial charge in [-0.05, 0) is 49.7 Å².